The molecule has 1 rings (SSSR count). The maximum absolute atomic E-state index is 11.0. The van der Waals surface area contributed by atoms with Gasteiger partial charge >= 0.3 is 5.97 Å². The Morgan fingerprint density at radius 1 is 1.37 bits per heavy atom. The fraction of sp³-hybridized carbons (Fsp3) is 0.444. The summed E-state index contributed by atoms with van der Waals surface area (Å²) in [6.45, 7) is 3.46. The van der Waals surface area contributed by atoms with Gasteiger partial charge in [-0.3, -0.25) is 4.18 Å². The van der Waals surface area contributed by atoms with Gasteiger partial charge in [0, 0.05) is 30.4 Å². The number of hydrogen-bond acceptors (Lipinski definition) is 7. The van der Waals surface area contributed by atoms with Crippen LogP contribution in [0.15, 0.2) is 23.8 Å². The van der Waals surface area contributed by atoms with Crippen molar-refractivity contribution in [3.8, 4) is 11.8 Å². The van der Waals surface area contributed by atoms with Crippen LogP contribution >= 0.6 is 0 Å². The first-order chi connectivity index (χ1) is 12.7. The Bertz CT molecular complexity index is 827. The lowest BCUT2D eigenvalue weighted by Crippen LogP contribution is -2.26. The van der Waals surface area contributed by atoms with Gasteiger partial charge < -0.3 is 14.7 Å². The van der Waals surface area contributed by atoms with Crippen molar-refractivity contribution in [2.75, 3.05) is 38.0 Å². The highest BCUT2D eigenvalue weighted by molar-refractivity contribution is 7.85. The van der Waals surface area contributed by atoms with Crippen molar-refractivity contribution in [3.05, 3.63) is 29.3 Å². The largest absolute Gasteiger partial charge is 0.496 e. The van der Waals surface area contributed by atoms with Gasteiger partial charge in [-0.15, -0.1) is 0 Å². The number of nitriles is 1. The number of methoxy groups -OCH3 is 1. The Morgan fingerprint density at radius 2 is 2.07 bits per heavy atom. The maximum Gasteiger partial charge on any atom is 0.346 e. The monoisotopic (exact) mass is 396 g/mol. The van der Waals surface area contributed by atoms with Crippen LogP contribution in [-0.2, 0) is 19.1 Å². The van der Waals surface area contributed by atoms with Crippen molar-refractivity contribution < 1.29 is 27.2 Å². The van der Waals surface area contributed by atoms with Crippen LogP contribution in [0.1, 0.15) is 25.3 Å². The highest BCUT2D eigenvalue weighted by Gasteiger charge is 2.12. The van der Waals surface area contributed by atoms with Gasteiger partial charge in [-0.25, -0.2) is 4.79 Å². The molecule has 148 valence electrons. The summed E-state index contributed by atoms with van der Waals surface area (Å²) in [5, 5.41) is 17.9. The van der Waals surface area contributed by atoms with E-state index in [2.05, 4.69) is 4.90 Å². The predicted octanol–water partition coefficient (Wildman–Crippen LogP) is 2.27. The van der Waals surface area contributed by atoms with Crippen LogP contribution in [0.25, 0.3) is 6.08 Å². The first-order valence-corrected chi connectivity index (χ1v) is 10.2. The van der Waals surface area contributed by atoms with Crippen molar-refractivity contribution in [2.24, 2.45) is 0 Å². The molecule has 0 aliphatic rings. The number of carbonyl (C=O) groups is 1. The summed E-state index contributed by atoms with van der Waals surface area (Å²) >= 11 is 0. The Balaban J connectivity index is 3.01. The average molecular weight is 396 g/mol. The maximum atomic E-state index is 11.0. The number of anilines is 1. The molecule has 1 N–H and O–H groups in total. The smallest absolute Gasteiger partial charge is 0.346 e. The number of hydrogen-bond donors (Lipinski definition) is 1. The summed E-state index contributed by atoms with van der Waals surface area (Å²) < 4.78 is 32.2. The van der Waals surface area contributed by atoms with Gasteiger partial charge in [-0.05, 0) is 31.1 Å². The molecule has 0 bridgehead atoms. The molecule has 0 atom stereocenters. The average Bonchev–Trinajstić information content (AvgIpc) is 2.61. The molecule has 9 heteroatoms. The van der Waals surface area contributed by atoms with Crippen molar-refractivity contribution in [1.29, 1.82) is 5.26 Å². The molecule has 27 heavy (non-hydrogen) atoms. The summed E-state index contributed by atoms with van der Waals surface area (Å²) in [5.41, 5.74) is 0.945. The molecular weight excluding hydrogens is 372 g/mol. The molecule has 1 aromatic rings. The van der Waals surface area contributed by atoms with Crippen molar-refractivity contribution >= 4 is 27.9 Å². The third-order valence-electron chi connectivity index (χ3n) is 3.60. The van der Waals surface area contributed by atoms with Crippen LogP contribution in [0, 0.1) is 11.3 Å². The Labute approximate surface area is 159 Å². The lowest BCUT2D eigenvalue weighted by atomic mass is 10.1. The number of rotatable bonds is 11. The van der Waals surface area contributed by atoms with E-state index in [9.17, 15) is 13.2 Å². The molecule has 0 fully saturated rings. The van der Waals surface area contributed by atoms with Crippen LogP contribution in [0.2, 0.25) is 0 Å². The molecule has 0 aliphatic carbocycles. The summed E-state index contributed by atoms with van der Waals surface area (Å²) in [7, 11) is -1.99. The Kier molecular flexibility index (Phi) is 8.78. The number of ether oxygens (including phenoxy) is 1. The zero-order chi connectivity index (χ0) is 20.4. The Hall–Kier alpha value is -2.57. The number of benzene rings is 1. The minimum Gasteiger partial charge on any atom is -0.496 e. The lowest BCUT2D eigenvalue weighted by molar-refractivity contribution is -0.132. The van der Waals surface area contributed by atoms with Crippen LogP contribution in [0.5, 0.6) is 5.75 Å². The van der Waals surface area contributed by atoms with Crippen LogP contribution in [-0.4, -0.2) is 52.6 Å². The molecule has 8 nitrogen and oxygen atoms in total. The minimum absolute atomic E-state index is 0.0984. The summed E-state index contributed by atoms with van der Waals surface area (Å²) in [6.07, 6.45) is 3.68. The van der Waals surface area contributed by atoms with E-state index in [1.807, 2.05) is 6.92 Å². The zero-order valence-electron chi connectivity index (χ0n) is 15.6. The molecule has 0 saturated heterocycles. The molecule has 0 spiro atoms. The van der Waals surface area contributed by atoms with Gasteiger partial charge in [0.05, 0.1) is 20.0 Å². The van der Waals surface area contributed by atoms with Crippen LogP contribution in [0.3, 0.4) is 0 Å². The normalized spacial score (nSPS) is 11.7. The summed E-state index contributed by atoms with van der Waals surface area (Å²) in [4.78, 5) is 13.1. The van der Waals surface area contributed by atoms with E-state index >= 15 is 0 Å². The second-order valence-corrected chi connectivity index (χ2v) is 7.41. The van der Waals surface area contributed by atoms with E-state index in [-0.39, 0.29) is 12.2 Å². The molecule has 0 aliphatic heterocycles. The van der Waals surface area contributed by atoms with Gasteiger partial charge in [0.1, 0.15) is 17.4 Å². The SMILES string of the molecule is CCCN(CCCOS(C)(=O)=O)c1ccc(/C=C(\C#N)C(=O)O)c(OC)c1. The van der Waals surface area contributed by atoms with Gasteiger partial charge in [0.2, 0.25) is 0 Å². The van der Waals surface area contributed by atoms with Gasteiger partial charge in [0.15, 0.2) is 0 Å². The van der Waals surface area contributed by atoms with Crippen molar-refractivity contribution in [2.45, 2.75) is 19.8 Å². The number of nitrogens with zero attached hydrogens (tertiary/aromatic N) is 2. The van der Waals surface area contributed by atoms with E-state index in [1.54, 1.807) is 24.3 Å². The standard InChI is InChI=1S/C18H24N2O6S/c1-4-8-20(9-5-10-26-27(3,23)24)16-7-6-14(17(12-16)25-2)11-15(13-19)18(21)22/h6-7,11-12H,4-5,8-10H2,1-3H3,(H,21,22)/b15-11+. The second kappa shape index (κ2) is 10.5. The number of carboxylic acid groups (broad SMARTS) is 1. The first kappa shape index (κ1) is 22.5. The quantitative estimate of drug-likeness (QED) is 0.262. The predicted molar refractivity (Wildman–Crippen MR) is 102 cm³/mol. The van der Waals surface area contributed by atoms with E-state index in [0.29, 0.717) is 24.3 Å². The van der Waals surface area contributed by atoms with Crippen LogP contribution < -0.4 is 9.64 Å². The summed E-state index contributed by atoms with van der Waals surface area (Å²) in [6, 6.07) is 6.89. The van der Waals surface area contributed by atoms with Gasteiger partial charge in [-0.1, -0.05) is 6.92 Å². The lowest BCUT2D eigenvalue weighted by Gasteiger charge is -2.25. The number of carboxylic acids is 1. The van der Waals surface area contributed by atoms with Crippen molar-refractivity contribution in [3.63, 3.8) is 0 Å². The van der Waals surface area contributed by atoms with Gasteiger partial charge in [-0.2, -0.15) is 13.7 Å². The minimum atomic E-state index is -3.46. The Morgan fingerprint density at radius 3 is 2.59 bits per heavy atom. The molecular formula is C18H24N2O6S. The second-order valence-electron chi connectivity index (χ2n) is 5.77. The van der Waals surface area contributed by atoms with Crippen LogP contribution in [0.4, 0.5) is 5.69 Å². The van der Waals surface area contributed by atoms with E-state index in [0.717, 1.165) is 24.9 Å². The molecule has 0 unspecified atom stereocenters. The fourth-order valence-electron chi connectivity index (χ4n) is 2.42. The fourth-order valence-corrected chi connectivity index (χ4v) is 2.84. The highest BCUT2D eigenvalue weighted by atomic mass is 32.2. The van der Waals surface area contributed by atoms with Crippen molar-refractivity contribution in [1.82, 2.24) is 0 Å². The number of aliphatic carboxylic acids is 1. The van der Waals surface area contributed by atoms with E-state index < -0.39 is 16.1 Å². The molecule has 0 amide bonds. The van der Waals surface area contributed by atoms with Gasteiger partial charge in [0.25, 0.3) is 10.1 Å². The zero-order valence-corrected chi connectivity index (χ0v) is 16.5. The molecule has 0 radical (unpaired) electrons. The van der Waals surface area contributed by atoms with E-state index in [1.165, 1.54) is 13.2 Å². The first-order valence-electron chi connectivity index (χ1n) is 8.34. The molecule has 0 heterocycles. The molecule has 1 aromatic carbocycles. The summed E-state index contributed by atoms with van der Waals surface area (Å²) in [5.74, 6) is -0.864. The topological polar surface area (TPSA) is 117 Å². The highest BCUT2D eigenvalue weighted by Crippen LogP contribution is 2.28. The third-order valence-corrected chi connectivity index (χ3v) is 4.19. The molecule has 0 aromatic heterocycles. The third kappa shape index (κ3) is 7.68. The molecule has 0 saturated carbocycles. The van der Waals surface area contributed by atoms with E-state index in [4.69, 9.17) is 19.3 Å².